The second kappa shape index (κ2) is 5.63. The number of anilines is 1. The molecule has 0 bridgehead atoms. The van der Waals surface area contributed by atoms with E-state index in [0.717, 1.165) is 36.2 Å². The zero-order valence-corrected chi connectivity index (χ0v) is 11.2. The number of benzene rings is 2. The van der Waals surface area contributed by atoms with E-state index in [9.17, 15) is 4.79 Å². The number of carbonyl (C=O) groups excluding carboxylic acids is 1. The van der Waals surface area contributed by atoms with Gasteiger partial charge in [-0.2, -0.15) is 0 Å². The lowest BCUT2D eigenvalue weighted by molar-refractivity contribution is -0.107. The fourth-order valence-corrected chi connectivity index (χ4v) is 2.47. The molecule has 0 spiro atoms. The maximum atomic E-state index is 10.7. The number of para-hydroxylation sites is 1. The predicted octanol–water partition coefficient (Wildman–Crippen LogP) is 3.00. The number of hydrogen-bond acceptors (Lipinski definition) is 2. The Morgan fingerprint density at radius 2 is 1.70 bits per heavy atom. The minimum absolute atomic E-state index is 0.532. The minimum Gasteiger partial charge on any atom is -0.366 e. The van der Waals surface area contributed by atoms with Gasteiger partial charge in [0, 0.05) is 30.6 Å². The van der Waals surface area contributed by atoms with Crippen LogP contribution in [0.1, 0.15) is 23.1 Å². The molecule has 2 aromatic rings. The van der Waals surface area contributed by atoms with Crippen LogP contribution < -0.4 is 4.90 Å². The third-order valence-corrected chi connectivity index (χ3v) is 3.47. The topological polar surface area (TPSA) is 20.3 Å². The maximum absolute atomic E-state index is 10.7. The van der Waals surface area contributed by atoms with E-state index in [1.807, 2.05) is 36.4 Å². The highest BCUT2D eigenvalue weighted by Crippen LogP contribution is 2.25. The average molecular weight is 261 g/mol. The summed E-state index contributed by atoms with van der Waals surface area (Å²) < 4.78 is 0. The molecule has 0 aromatic heterocycles. The van der Waals surface area contributed by atoms with Crippen molar-refractivity contribution in [1.82, 2.24) is 0 Å². The molecule has 0 aliphatic carbocycles. The van der Waals surface area contributed by atoms with Gasteiger partial charge in [0.15, 0.2) is 0 Å². The number of fused-ring (bicyclic) bond motifs is 2. The summed E-state index contributed by atoms with van der Waals surface area (Å²) in [4.78, 5) is 12.9. The van der Waals surface area contributed by atoms with Crippen molar-refractivity contribution < 1.29 is 4.79 Å². The van der Waals surface area contributed by atoms with Gasteiger partial charge in [-0.1, -0.05) is 42.2 Å². The molecular formula is C18H15NO. The quantitative estimate of drug-likeness (QED) is 0.625. The van der Waals surface area contributed by atoms with E-state index in [1.54, 1.807) is 0 Å². The molecule has 2 aromatic carbocycles. The molecular weight excluding hydrogens is 246 g/mol. The predicted molar refractivity (Wildman–Crippen MR) is 80.6 cm³/mol. The van der Waals surface area contributed by atoms with Gasteiger partial charge in [0.1, 0.15) is 6.29 Å². The first-order valence-corrected chi connectivity index (χ1v) is 6.76. The average Bonchev–Trinajstić information content (AvgIpc) is 2.48. The summed E-state index contributed by atoms with van der Waals surface area (Å²) in [5.41, 5.74) is 4.41. The molecule has 0 unspecified atom stereocenters. The van der Waals surface area contributed by atoms with E-state index < -0.39 is 0 Å². The maximum Gasteiger partial charge on any atom is 0.121 e. The van der Waals surface area contributed by atoms with Gasteiger partial charge in [-0.15, -0.1) is 0 Å². The summed E-state index contributed by atoms with van der Waals surface area (Å²) in [6, 6.07) is 16.3. The molecule has 0 amide bonds. The van der Waals surface area contributed by atoms with Crippen molar-refractivity contribution in [2.75, 3.05) is 11.4 Å². The van der Waals surface area contributed by atoms with Crippen molar-refractivity contribution in [3.8, 4) is 11.8 Å². The van der Waals surface area contributed by atoms with Crippen LogP contribution in [0.25, 0.3) is 0 Å². The van der Waals surface area contributed by atoms with Crippen LogP contribution in [0, 0.1) is 11.8 Å². The van der Waals surface area contributed by atoms with Gasteiger partial charge in [0.2, 0.25) is 0 Å². The first kappa shape index (κ1) is 12.5. The molecule has 98 valence electrons. The van der Waals surface area contributed by atoms with Crippen LogP contribution in [-0.2, 0) is 11.3 Å². The lowest BCUT2D eigenvalue weighted by Gasteiger charge is -2.27. The molecule has 1 heterocycles. The molecule has 2 nitrogen and oxygen atoms in total. The van der Waals surface area contributed by atoms with Crippen LogP contribution in [-0.4, -0.2) is 12.8 Å². The Morgan fingerprint density at radius 3 is 2.55 bits per heavy atom. The van der Waals surface area contributed by atoms with Crippen molar-refractivity contribution in [3.05, 3.63) is 65.2 Å². The first-order chi connectivity index (χ1) is 9.88. The third-order valence-electron chi connectivity index (χ3n) is 3.47. The molecule has 1 aliphatic rings. The summed E-state index contributed by atoms with van der Waals surface area (Å²) in [6.07, 6.45) is 1.50. The van der Waals surface area contributed by atoms with Crippen LogP contribution in [0.3, 0.4) is 0 Å². The van der Waals surface area contributed by atoms with Crippen LogP contribution in [0.5, 0.6) is 0 Å². The van der Waals surface area contributed by atoms with Crippen molar-refractivity contribution in [1.29, 1.82) is 0 Å². The smallest absolute Gasteiger partial charge is 0.121 e. The second-order valence-electron chi connectivity index (χ2n) is 4.80. The molecule has 0 N–H and O–H groups in total. The van der Waals surface area contributed by atoms with Crippen molar-refractivity contribution in [2.24, 2.45) is 0 Å². The van der Waals surface area contributed by atoms with Gasteiger partial charge in [-0.3, -0.25) is 0 Å². The Hall–Kier alpha value is -2.53. The van der Waals surface area contributed by atoms with Gasteiger partial charge in [-0.25, -0.2) is 0 Å². The summed E-state index contributed by atoms with van der Waals surface area (Å²) in [6.45, 7) is 1.51. The summed E-state index contributed by atoms with van der Waals surface area (Å²) >= 11 is 0. The number of rotatable bonds is 3. The fourth-order valence-electron chi connectivity index (χ4n) is 2.47. The van der Waals surface area contributed by atoms with Crippen LogP contribution in [0.2, 0.25) is 0 Å². The largest absolute Gasteiger partial charge is 0.366 e. The molecule has 3 rings (SSSR count). The van der Waals surface area contributed by atoms with Crippen molar-refractivity contribution in [3.63, 3.8) is 0 Å². The summed E-state index contributed by atoms with van der Waals surface area (Å²) in [7, 11) is 0. The molecule has 0 fully saturated rings. The number of nitrogens with zero attached hydrogens (tertiary/aromatic N) is 1. The van der Waals surface area contributed by atoms with E-state index in [0.29, 0.717) is 6.42 Å². The van der Waals surface area contributed by atoms with Crippen molar-refractivity contribution in [2.45, 2.75) is 13.0 Å². The number of hydrogen-bond donors (Lipinski definition) is 0. The normalized spacial score (nSPS) is 12.3. The highest BCUT2D eigenvalue weighted by Gasteiger charge is 2.13. The highest BCUT2D eigenvalue weighted by molar-refractivity contribution is 5.65. The second-order valence-corrected chi connectivity index (χ2v) is 4.80. The Kier molecular flexibility index (Phi) is 3.52. The lowest BCUT2D eigenvalue weighted by atomic mass is 10.0. The standard InChI is InChI=1S/C18H15NO/c20-13-5-12-19-14-17-8-2-1-6-15(17)10-11-16-7-3-4-9-18(16)19/h1-4,6-9,13H,5,12,14H2. The van der Waals surface area contributed by atoms with Crippen LogP contribution >= 0.6 is 0 Å². The zero-order chi connectivity index (χ0) is 13.8. The lowest BCUT2D eigenvalue weighted by Crippen LogP contribution is -2.26. The van der Waals surface area contributed by atoms with Crippen LogP contribution in [0.15, 0.2) is 48.5 Å². The van der Waals surface area contributed by atoms with Gasteiger partial charge >= 0.3 is 0 Å². The Balaban J connectivity index is 2.09. The van der Waals surface area contributed by atoms with Gasteiger partial charge < -0.3 is 9.69 Å². The first-order valence-electron chi connectivity index (χ1n) is 6.76. The zero-order valence-electron chi connectivity index (χ0n) is 11.2. The summed E-state index contributed by atoms with van der Waals surface area (Å²) in [5.74, 6) is 6.50. The fraction of sp³-hybridized carbons (Fsp3) is 0.167. The van der Waals surface area contributed by atoms with E-state index >= 15 is 0 Å². The molecule has 2 heteroatoms. The minimum atomic E-state index is 0.532. The summed E-state index contributed by atoms with van der Waals surface area (Å²) in [5, 5.41) is 0. The van der Waals surface area contributed by atoms with Crippen LogP contribution in [0.4, 0.5) is 5.69 Å². The van der Waals surface area contributed by atoms with E-state index in [-0.39, 0.29) is 0 Å². The van der Waals surface area contributed by atoms with E-state index in [4.69, 9.17) is 0 Å². The third kappa shape index (κ3) is 2.44. The van der Waals surface area contributed by atoms with Gasteiger partial charge in [0.25, 0.3) is 0 Å². The Labute approximate surface area is 119 Å². The highest BCUT2D eigenvalue weighted by atomic mass is 16.1. The molecule has 20 heavy (non-hydrogen) atoms. The SMILES string of the molecule is O=CCCN1Cc2ccccc2C#Cc2ccccc21. The molecule has 0 saturated heterocycles. The van der Waals surface area contributed by atoms with Gasteiger partial charge in [-0.05, 0) is 23.8 Å². The Morgan fingerprint density at radius 1 is 1.00 bits per heavy atom. The molecule has 1 aliphatic heterocycles. The number of carbonyl (C=O) groups is 1. The van der Waals surface area contributed by atoms with E-state index in [2.05, 4.69) is 28.9 Å². The molecule has 0 atom stereocenters. The van der Waals surface area contributed by atoms with Gasteiger partial charge in [0.05, 0.1) is 5.69 Å². The molecule has 0 saturated carbocycles. The molecule has 0 radical (unpaired) electrons. The van der Waals surface area contributed by atoms with Crippen molar-refractivity contribution >= 4 is 12.0 Å². The Bertz CT molecular complexity index is 694. The monoisotopic (exact) mass is 261 g/mol. The van der Waals surface area contributed by atoms with E-state index in [1.165, 1.54) is 5.56 Å². The number of aldehydes is 1.